The SMILES string of the molecule is CCOc1cccc(CN(CC)C(=O)NCC[C@@H]2CCCN2C)c1. The van der Waals surface area contributed by atoms with Crippen molar-refractivity contribution in [3.8, 4) is 5.75 Å². The fourth-order valence-electron chi connectivity index (χ4n) is 3.25. The van der Waals surface area contributed by atoms with Gasteiger partial charge in [0, 0.05) is 25.7 Å². The summed E-state index contributed by atoms with van der Waals surface area (Å²) in [5.74, 6) is 0.857. The lowest BCUT2D eigenvalue weighted by Gasteiger charge is -2.23. The predicted molar refractivity (Wildman–Crippen MR) is 97.4 cm³/mol. The summed E-state index contributed by atoms with van der Waals surface area (Å²) in [6.07, 6.45) is 3.54. The van der Waals surface area contributed by atoms with Gasteiger partial charge in [-0.2, -0.15) is 0 Å². The second-order valence-electron chi connectivity index (χ2n) is 6.39. The number of amides is 2. The van der Waals surface area contributed by atoms with E-state index in [9.17, 15) is 4.79 Å². The molecule has 2 rings (SSSR count). The molecule has 1 aliphatic heterocycles. The maximum absolute atomic E-state index is 12.4. The number of carbonyl (C=O) groups excluding carboxylic acids is 1. The summed E-state index contributed by atoms with van der Waals surface area (Å²) in [6.45, 7) is 7.84. The Morgan fingerprint density at radius 2 is 2.25 bits per heavy atom. The number of ether oxygens (including phenoxy) is 1. The molecule has 5 heteroatoms. The van der Waals surface area contributed by atoms with Crippen molar-refractivity contribution >= 4 is 6.03 Å². The second-order valence-corrected chi connectivity index (χ2v) is 6.39. The van der Waals surface area contributed by atoms with Gasteiger partial charge in [0.2, 0.25) is 0 Å². The van der Waals surface area contributed by atoms with Gasteiger partial charge in [0.1, 0.15) is 5.75 Å². The number of nitrogens with one attached hydrogen (secondary N) is 1. The van der Waals surface area contributed by atoms with Gasteiger partial charge in [0.25, 0.3) is 0 Å². The molecule has 1 atom stereocenters. The molecule has 1 heterocycles. The molecule has 0 saturated carbocycles. The lowest BCUT2D eigenvalue weighted by molar-refractivity contribution is 0.196. The first-order valence-corrected chi connectivity index (χ1v) is 9.08. The highest BCUT2D eigenvalue weighted by Gasteiger charge is 2.20. The van der Waals surface area contributed by atoms with E-state index < -0.39 is 0 Å². The molecular weight excluding hydrogens is 302 g/mol. The van der Waals surface area contributed by atoms with Gasteiger partial charge in [-0.15, -0.1) is 0 Å². The minimum atomic E-state index is 0.0139. The van der Waals surface area contributed by atoms with E-state index in [4.69, 9.17) is 4.74 Å². The number of carbonyl (C=O) groups is 1. The largest absolute Gasteiger partial charge is 0.494 e. The molecule has 0 aromatic heterocycles. The number of benzene rings is 1. The van der Waals surface area contributed by atoms with Crippen LogP contribution in [-0.4, -0.2) is 55.2 Å². The number of likely N-dealkylation sites (tertiary alicyclic amines) is 1. The van der Waals surface area contributed by atoms with Crippen molar-refractivity contribution in [1.82, 2.24) is 15.1 Å². The van der Waals surface area contributed by atoms with E-state index in [1.807, 2.05) is 43.0 Å². The van der Waals surface area contributed by atoms with Crippen molar-refractivity contribution in [3.05, 3.63) is 29.8 Å². The summed E-state index contributed by atoms with van der Waals surface area (Å²) < 4.78 is 5.53. The third kappa shape index (κ3) is 5.41. The Morgan fingerprint density at radius 3 is 2.92 bits per heavy atom. The summed E-state index contributed by atoms with van der Waals surface area (Å²) in [5, 5.41) is 3.07. The van der Waals surface area contributed by atoms with Crippen molar-refractivity contribution in [2.24, 2.45) is 0 Å². The van der Waals surface area contributed by atoms with Gasteiger partial charge in [-0.05, 0) is 64.4 Å². The van der Waals surface area contributed by atoms with Crippen LogP contribution in [0.15, 0.2) is 24.3 Å². The van der Waals surface area contributed by atoms with Crippen LogP contribution in [0.25, 0.3) is 0 Å². The van der Waals surface area contributed by atoms with E-state index in [1.165, 1.54) is 19.4 Å². The Bertz CT molecular complexity index is 521. The Hall–Kier alpha value is -1.75. The smallest absolute Gasteiger partial charge is 0.317 e. The monoisotopic (exact) mass is 333 g/mol. The van der Waals surface area contributed by atoms with Crippen LogP contribution in [0.3, 0.4) is 0 Å². The van der Waals surface area contributed by atoms with E-state index in [1.54, 1.807) is 0 Å². The van der Waals surface area contributed by atoms with Gasteiger partial charge in [-0.3, -0.25) is 0 Å². The van der Waals surface area contributed by atoms with Crippen LogP contribution in [0.5, 0.6) is 5.75 Å². The standard InChI is InChI=1S/C19H31N3O2/c1-4-22(15-16-8-6-10-18(14-16)24-5-2)19(23)20-12-11-17-9-7-13-21(17)3/h6,8,10,14,17H,4-5,7,9,11-13,15H2,1-3H3,(H,20,23)/t17-/m0/s1. The van der Waals surface area contributed by atoms with E-state index >= 15 is 0 Å². The van der Waals surface area contributed by atoms with E-state index in [0.29, 0.717) is 25.7 Å². The van der Waals surface area contributed by atoms with Gasteiger partial charge in [-0.25, -0.2) is 4.79 Å². The fraction of sp³-hybridized carbons (Fsp3) is 0.632. The lowest BCUT2D eigenvalue weighted by Crippen LogP contribution is -2.41. The van der Waals surface area contributed by atoms with Crippen LogP contribution in [0.4, 0.5) is 4.79 Å². The van der Waals surface area contributed by atoms with Crippen molar-refractivity contribution in [3.63, 3.8) is 0 Å². The Balaban J connectivity index is 1.81. The molecule has 1 aromatic rings. The molecule has 5 nitrogen and oxygen atoms in total. The molecule has 0 spiro atoms. The first kappa shape index (κ1) is 18.6. The normalized spacial score (nSPS) is 17.7. The zero-order valence-electron chi connectivity index (χ0n) is 15.3. The minimum absolute atomic E-state index is 0.0139. The van der Waals surface area contributed by atoms with Crippen LogP contribution in [-0.2, 0) is 6.54 Å². The van der Waals surface area contributed by atoms with E-state index in [0.717, 1.165) is 24.3 Å². The van der Waals surface area contributed by atoms with Crippen LogP contribution in [0.2, 0.25) is 0 Å². The van der Waals surface area contributed by atoms with Crippen LogP contribution in [0, 0.1) is 0 Å². The minimum Gasteiger partial charge on any atom is -0.494 e. The van der Waals surface area contributed by atoms with Crippen molar-refractivity contribution in [2.45, 2.75) is 45.7 Å². The lowest BCUT2D eigenvalue weighted by atomic mass is 10.1. The van der Waals surface area contributed by atoms with Crippen LogP contribution < -0.4 is 10.1 Å². The molecule has 1 saturated heterocycles. The summed E-state index contributed by atoms with van der Waals surface area (Å²) in [4.78, 5) is 16.6. The number of rotatable bonds is 8. The van der Waals surface area contributed by atoms with Gasteiger partial charge in [0.05, 0.1) is 6.61 Å². The Labute approximate surface area is 146 Å². The van der Waals surface area contributed by atoms with Gasteiger partial charge >= 0.3 is 6.03 Å². The summed E-state index contributed by atoms with van der Waals surface area (Å²) in [6, 6.07) is 8.59. The van der Waals surface area contributed by atoms with E-state index in [-0.39, 0.29) is 6.03 Å². The molecule has 1 fully saturated rings. The molecule has 2 amide bonds. The van der Waals surface area contributed by atoms with Crippen molar-refractivity contribution in [1.29, 1.82) is 0 Å². The van der Waals surface area contributed by atoms with E-state index in [2.05, 4.69) is 17.3 Å². The second kappa shape index (κ2) is 9.52. The molecule has 0 bridgehead atoms. The van der Waals surface area contributed by atoms with Gasteiger partial charge in [-0.1, -0.05) is 12.1 Å². The number of hydrogen-bond acceptors (Lipinski definition) is 3. The van der Waals surface area contributed by atoms with Crippen LogP contribution in [0.1, 0.15) is 38.7 Å². The highest BCUT2D eigenvalue weighted by Crippen LogP contribution is 2.17. The maximum Gasteiger partial charge on any atom is 0.317 e. The highest BCUT2D eigenvalue weighted by molar-refractivity contribution is 5.74. The first-order chi connectivity index (χ1) is 11.6. The van der Waals surface area contributed by atoms with Gasteiger partial charge in [0.15, 0.2) is 0 Å². The average molecular weight is 333 g/mol. The predicted octanol–water partition coefficient (Wildman–Crippen LogP) is 3.10. The molecule has 1 N–H and O–H groups in total. The van der Waals surface area contributed by atoms with Crippen LogP contribution >= 0.6 is 0 Å². The Kier molecular flexibility index (Phi) is 7.37. The number of urea groups is 1. The van der Waals surface area contributed by atoms with Crippen molar-refractivity contribution < 1.29 is 9.53 Å². The Morgan fingerprint density at radius 1 is 1.42 bits per heavy atom. The molecule has 0 radical (unpaired) electrons. The third-order valence-corrected chi connectivity index (χ3v) is 4.68. The molecule has 1 aliphatic rings. The highest BCUT2D eigenvalue weighted by atomic mass is 16.5. The molecular formula is C19H31N3O2. The number of hydrogen-bond donors (Lipinski definition) is 1. The summed E-state index contributed by atoms with van der Waals surface area (Å²) >= 11 is 0. The fourth-order valence-corrected chi connectivity index (χ4v) is 3.25. The summed E-state index contributed by atoms with van der Waals surface area (Å²) in [7, 11) is 2.17. The zero-order valence-corrected chi connectivity index (χ0v) is 15.3. The molecule has 24 heavy (non-hydrogen) atoms. The maximum atomic E-state index is 12.4. The number of nitrogens with zero attached hydrogens (tertiary/aromatic N) is 2. The zero-order chi connectivity index (χ0) is 17.4. The quantitative estimate of drug-likeness (QED) is 0.795. The molecule has 0 aliphatic carbocycles. The van der Waals surface area contributed by atoms with Crippen molar-refractivity contribution in [2.75, 3.05) is 33.3 Å². The third-order valence-electron chi connectivity index (χ3n) is 4.68. The molecule has 134 valence electrons. The molecule has 0 unspecified atom stereocenters. The average Bonchev–Trinajstić information content (AvgIpc) is 2.98. The first-order valence-electron chi connectivity index (χ1n) is 9.08. The van der Waals surface area contributed by atoms with Gasteiger partial charge < -0.3 is 19.9 Å². The summed E-state index contributed by atoms with van der Waals surface area (Å²) in [5.41, 5.74) is 1.09. The topological polar surface area (TPSA) is 44.8 Å². The molecule has 1 aromatic carbocycles.